The van der Waals surface area contributed by atoms with Crippen LogP contribution in [0.4, 0.5) is 4.79 Å². The minimum absolute atomic E-state index is 0.0248. The van der Waals surface area contributed by atoms with Crippen LogP contribution in [0, 0.1) is 11.3 Å². The van der Waals surface area contributed by atoms with E-state index in [9.17, 15) is 9.90 Å². The molecule has 2 unspecified atom stereocenters. The molecule has 2 aliphatic heterocycles. The fraction of sp³-hybridized carbons (Fsp3) is 0.680. The largest absolute Gasteiger partial charge is 0.493 e. The second kappa shape index (κ2) is 8.83. The van der Waals surface area contributed by atoms with E-state index >= 15 is 0 Å². The highest BCUT2D eigenvalue weighted by molar-refractivity contribution is 6.02. The van der Waals surface area contributed by atoms with Crippen LogP contribution in [0.25, 0.3) is 0 Å². The van der Waals surface area contributed by atoms with Crippen LogP contribution in [0.2, 0.25) is 0 Å². The van der Waals surface area contributed by atoms with E-state index in [2.05, 4.69) is 25.9 Å². The Kier molecular flexibility index (Phi) is 6.28. The van der Waals surface area contributed by atoms with Gasteiger partial charge in [-0.15, -0.1) is 0 Å². The predicted octanol–water partition coefficient (Wildman–Crippen LogP) is 5.32. The van der Waals surface area contributed by atoms with Crippen molar-refractivity contribution >= 4 is 11.8 Å². The second-order valence-electron chi connectivity index (χ2n) is 10.6. The normalized spacial score (nSPS) is 24.9. The Morgan fingerprint density at radius 3 is 2.69 bits per heavy atom. The van der Waals surface area contributed by atoms with Crippen LogP contribution in [-0.4, -0.2) is 53.7 Å². The van der Waals surface area contributed by atoms with Crippen LogP contribution in [0.15, 0.2) is 23.4 Å². The Bertz CT molecular complexity index is 870. The number of oxime groups is 1. The Balaban J connectivity index is 1.44. The summed E-state index contributed by atoms with van der Waals surface area (Å²) in [5, 5.41) is 14.0. The van der Waals surface area contributed by atoms with Crippen LogP contribution in [0.1, 0.15) is 71.3 Å². The maximum absolute atomic E-state index is 11.7. The van der Waals surface area contributed by atoms with Crippen LogP contribution < -0.4 is 9.47 Å². The lowest BCUT2D eigenvalue weighted by Crippen LogP contribution is -2.52. The number of carbonyl (C=O) groups is 1. The topological polar surface area (TPSA) is 80.6 Å². The van der Waals surface area contributed by atoms with Crippen LogP contribution in [-0.2, 0) is 4.84 Å². The van der Waals surface area contributed by atoms with Gasteiger partial charge in [0.2, 0.25) is 0 Å². The van der Waals surface area contributed by atoms with Gasteiger partial charge in [-0.25, -0.2) is 4.79 Å². The first-order valence-electron chi connectivity index (χ1n) is 11.8. The molecule has 1 saturated carbocycles. The maximum atomic E-state index is 11.7. The highest BCUT2D eigenvalue weighted by Gasteiger charge is 2.42. The number of rotatable bonds is 5. The van der Waals surface area contributed by atoms with Crippen LogP contribution in [0.3, 0.4) is 0 Å². The molecule has 1 spiro atoms. The molecule has 1 aromatic rings. The highest BCUT2D eigenvalue weighted by Crippen LogP contribution is 2.42. The van der Waals surface area contributed by atoms with E-state index in [-0.39, 0.29) is 23.0 Å². The Labute approximate surface area is 190 Å². The molecule has 0 radical (unpaired) electrons. The number of hydrogen-bond acceptors (Lipinski definition) is 5. The van der Waals surface area contributed by atoms with Crippen molar-refractivity contribution in [1.29, 1.82) is 0 Å². The van der Waals surface area contributed by atoms with Gasteiger partial charge in [0.25, 0.3) is 0 Å². The minimum atomic E-state index is -0.835. The van der Waals surface area contributed by atoms with Gasteiger partial charge in [-0.2, -0.15) is 0 Å². The molecule has 1 amide bonds. The highest BCUT2D eigenvalue weighted by atomic mass is 16.7. The van der Waals surface area contributed by atoms with Gasteiger partial charge in [0.1, 0.15) is 5.60 Å². The number of carboxylic acid groups (broad SMARTS) is 1. The summed E-state index contributed by atoms with van der Waals surface area (Å²) in [6, 6.07) is 5.92. The van der Waals surface area contributed by atoms with Gasteiger partial charge in [0, 0.05) is 24.6 Å². The molecule has 1 saturated heterocycles. The third kappa shape index (κ3) is 4.66. The molecule has 7 heteroatoms. The van der Waals surface area contributed by atoms with Gasteiger partial charge in [0.15, 0.2) is 11.5 Å². The van der Waals surface area contributed by atoms with E-state index in [1.807, 2.05) is 18.2 Å². The number of piperidine rings is 1. The molecule has 1 aromatic carbocycles. The van der Waals surface area contributed by atoms with Crippen molar-refractivity contribution in [3.05, 3.63) is 23.8 Å². The van der Waals surface area contributed by atoms with Crippen molar-refractivity contribution in [1.82, 2.24) is 4.90 Å². The van der Waals surface area contributed by atoms with E-state index in [0.717, 1.165) is 43.4 Å². The summed E-state index contributed by atoms with van der Waals surface area (Å²) in [7, 11) is 1.65. The molecule has 4 rings (SSSR count). The summed E-state index contributed by atoms with van der Waals surface area (Å²) in [5.74, 6) is 1.68. The molecule has 2 heterocycles. The lowest BCUT2D eigenvalue weighted by molar-refractivity contribution is -0.0126. The van der Waals surface area contributed by atoms with Gasteiger partial charge in [0.05, 0.1) is 19.4 Å². The number of ether oxygens (including phenoxy) is 2. The molecule has 2 atom stereocenters. The van der Waals surface area contributed by atoms with Crippen molar-refractivity contribution < 1.29 is 24.2 Å². The smallest absolute Gasteiger partial charge is 0.407 e. The molecule has 1 N–H and O–H groups in total. The minimum Gasteiger partial charge on any atom is -0.493 e. The zero-order valence-corrected chi connectivity index (χ0v) is 19.7. The molecule has 176 valence electrons. The monoisotopic (exact) mass is 444 g/mol. The molecule has 2 fully saturated rings. The SMILES string of the molecule is COc1ccc(C2=NOC3(CCCC3)C2)cc1OCC1CCN(C(=O)O)C(C(C)(C)C)C1. The van der Waals surface area contributed by atoms with Gasteiger partial charge in [-0.05, 0) is 68.1 Å². The Morgan fingerprint density at radius 1 is 1.28 bits per heavy atom. The number of likely N-dealkylation sites (tertiary alicyclic amines) is 1. The average Bonchev–Trinajstić information content (AvgIpc) is 3.41. The van der Waals surface area contributed by atoms with Gasteiger partial charge >= 0.3 is 6.09 Å². The lowest BCUT2D eigenvalue weighted by Gasteiger charge is -2.44. The van der Waals surface area contributed by atoms with E-state index in [1.54, 1.807) is 12.0 Å². The molecule has 3 aliphatic rings. The van der Waals surface area contributed by atoms with Gasteiger partial charge in [-0.3, -0.25) is 0 Å². The van der Waals surface area contributed by atoms with Crippen molar-refractivity contribution in [2.75, 3.05) is 20.3 Å². The summed E-state index contributed by atoms with van der Waals surface area (Å²) < 4.78 is 11.8. The first kappa shape index (κ1) is 22.7. The maximum Gasteiger partial charge on any atom is 0.407 e. The zero-order chi connectivity index (χ0) is 22.9. The van der Waals surface area contributed by atoms with E-state index in [4.69, 9.17) is 14.3 Å². The van der Waals surface area contributed by atoms with E-state index in [1.165, 1.54) is 12.8 Å². The van der Waals surface area contributed by atoms with Gasteiger partial charge in [-0.1, -0.05) is 25.9 Å². The number of nitrogens with zero attached hydrogens (tertiary/aromatic N) is 2. The van der Waals surface area contributed by atoms with Gasteiger partial charge < -0.3 is 24.3 Å². The number of methoxy groups -OCH3 is 1. The van der Waals surface area contributed by atoms with Crippen molar-refractivity contribution in [2.24, 2.45) is 16.5 Å². The van der Waals surface area contributed by atoms with Crippen molar-refractivity contribution in [2.45, 2.75) is 77.4 Å². The standard InChI is InChI=1S/C25H36N2O5/c1-24(2,3)22-13-17(9-12-27(22)23(28)29)16-31-21-14-18(7-8-20(21)30-4)19-15-25(32-26-19)10-5-6-11-25/h7-8,14,17,22H,5-6,9-13,15-16H2,1-4H3,(H,28,29). The lowest BCUT2D eigenvalue weighted by atomic mass is 9.77. The molecule has 32 heavy (non-hydrogen) atoms. The third-order valence-electron chi connectivity index (χ3n) is 7.28. The molecule has 7 nitrogen and oxygen atoms in total. The summed E-state index contributed by atoms with van der Waals surface area (Å²) in [4.78, 5) is 19.1. The third-order valence-corrected chi connectivity index (χ3v) is 7.28. The molecular weight excluding hydrogens is 408 g/mol. The first-order valence-corrected chi connectivity index (χ1v) is 11.8. The molecule has 1 aliphatic carbocycles. The van der Waals surface area contributed by atoms with Crippen LogP contribution in [0.5, 0.6) is 11.5 Å². The summed E-state index contributed by atoms with van der Waals surface area (Å²) in [6.07, 6.45) is 6.15. The summed E-state index contributed by atoms with van der Waals surface area (Å²) in [5.41, 5.74) is 1.77. The number of hydrogen-bond donors (Lipinski definition) is 1. The molecule has 0 bridgehead atoms. The fourth-order valence-electron chi connectivity index (χ4n) is 5.38. The summed E-state index contributed by atoms with van der Waals surface area (Å²) in [6.45, 7) is 7.38. The van der Waals surface area contributed by atoms with E-state index in [0.29, 0.717) is 24.7 Å². The molecule has 0 aromatic heterocycles. The van der Waals surface area contributed by atoms with Crippen molar-refractivity contribution in [3.8, 4) is 11.5 Å². The van der Waals surface area contributed by atoms with E-state index < -0.39 is 6.09 Å². The average molecular weight is 445 g/mol. The van der Waals surface area contributed by atoms with Crippen LogP contribution >= 0.6 is 0 Å². The fourth-order valence-corrected chi connectivity index (χ4v) is 5.38. The quantitative estimate of drug-likeness (QED) is 0.665. The number of amides is 1. The second-order valence-corrected chi connectivity index (χ2v) is 10.6. The Morgan fingerprint density at radius 2 is 2.03 bits per heavy atom. The summed E-state index contributed by atoms with van der Waals surface area (Å²) >= 11 is 0. The zero-order valence-electron chi connectivity index (χ0n) is 19.7. The Hall–Kier alpha value is -2.44. The van der Waals surface area contributed by atoms with Crippen molar-refractivity contribution in [3.63, 3.8) is 0 Å². The first-order chi connectivity index (χ1) is 15.2. The number of benzene rings is 1. The molecular formula is C25H36N2O5. The predicted molar refractivity (Wildman–Crippen MR) is 123 cm³/mol.